The molecule has 4 fully saturated rings. The zero-order valence-electron chi connectivity index (χ0n) is 13.6. The van der Waals surface area contributed by atoms with Crippen LogP contribution in [0.3, 0.4) is 0 Å². The van der Waals surface area contributed by atoms with Crippen molar-refractivity contribution >= 4 is 5.97 Å². The lowest BCUT2D eigenvalue weighted by Crippen LogP contribution is -2.49. The number of carboxylic acid groups (broad SMARTS) is 1. The molecule has 124 valence electrons. The molecule has 0 spiro atoms. The van der Waals surface area contributed by atoms with Gasteiger partial charge in [-0.3, -0.25) is 0 Å². The SMILES string of the molecule is O=C(O)c1ccc(CCCO)c(C23CC4CC(CC(C4)C2)C3)c1. The normalized spacial score (nSPS) is 34.7. The molecular weight excluding hydrogens is 288 g/mol. The first kappa shape index (κ1) is 15.2. The minimum Gasteiger partial charge on any atom is -0.478 e. The van der Waals surface area contributed by atoms with Gasteiger partial charge >= 0.3 is 5.97 Å². The van der Waals surface area contributed by atoms with Crippen molar-refractivity contribution in [1.82, 2.24) is 0 Å². The Morgan fingerprint density at radius 1 is 1.09 bits per heavy atom. The Hall–Kier alpha value is -1.35. The number of hydrogen-bond acceptors (Lipinski definition) is 2. The van der Waals surface area contributed by atoms with Gasteiger partial charge < -0.3 is 10.2 Å². The summed E-state index contributed by atoms with van der Waals surface area (Å²) in [5.41, 5.74) is 3.20. The summed E-state index contributed by atoms with van der Waals surface area (Å²) < 4.78 is 0. The first-order chi connectivity index (χ1) is 11.1. The molecule has 0 atom stereocenters. The largest absolute Gasteiger partial charge is 0.478 e. The maximum absolute atomic E-state index is 11.5. The van der Waals surface area contributed by atoms with E-state index in [0.29, 0.717) is 5.56 Å². The van der Waals surface area contributed by atoms with E-state index in [0.717, 1.165) is 30.6 Å². The van der Waals surface area contributed by atoms with Gasteiger partial charge in [-0.1, -0.05) is 6.07 Å². The van der Waals surface area contributed by atoms with Crippen molar-refractivity contribution < 1.29 is 15.0 Å². The molecule has 4 bridgehead atoms. The molecule has 5 rings (SSSR count). The van der Waals surface area contributed by atoms with Gasteiger partial charge in [-0.25, -0.2) is 4.79 Å². The van der Waals surface area contributed by atoms with Gasteiger partial charge in [-0.15, -0.1) is 0 Å². The van der Waals surface area contributed by atoms with Gasteiger partial charge in [0.2, 0.25) is 0 Å². The number of hydrogen-bond donors (Lipinski definition) is 2. The highest BCUT2D eigenvalue weighted by atomic mass is 16.4. The monoisotopic (exact) mass is 314 g/mol. The van der Waals surface area contributed by atoms with Crippen molar-refractivity contribution in [2.75, 3.05) is 6.61 Å². The van der Waals surface area contributed by atoms with Crippen molar-refractivity contribution in [1.29, 1.82) is 0 Å². The Balaban J connectivity index is 1.76. The molecule has 0 amide bonds. The molecule has 0 saturated heterocycles. The number of carbonyl (C=O) groups is 1. The molecule has 3 heteroatoms. The van der Waals surface area contributed by atoms with Crippen LogP contribution in [0.2, 0.25) is 0 Å². The quantitative estimate of drug-likeness (QED) is 0.869. The number of benzene rings is 1. The van der Waals surface area contributed by atoms with E-state index in [1.54, 1.807) is 6.07 Å². The highest BCUT2D eigenvalue weighted by molar-refractivity contribution is 5.88. The van der Waals surface area contributed by atoms with Gasteiger partial charge in [0, 0.05) is 6.61 Å². The summed E-state index contributed by atoms with van der Waals surface area (Å²) in [6.07, 6.45) is 9.52. The summed E-state index contributed by atoms with van der Waals surface area (Å²) in [4.78, 5) is 11.5. The number of aliphatic hydroxyl groups excluding tert-OH is 1. The highest BCUT2D eigenvalue weighted by Gasteiger charge is 2.52. The van der Waals surface area contributed by atoms with Gasteiger partial charge in [-0.2, -0.15) is 0 Å². The van der Waals surface area contributed by atoms with E-state index in [1.165, 1.54) is 49.7 Å². The van der Waals surface area contributed by atoms with Crippen LogP contribution in [0.5, 0.6) is 0 Å². The predicted octanol–water partition coefficient (Wildman–Crippen LogP) is 3.78. The first-order valence-corrected chi connectivity index (χ1v) is 9.07. The van der Waals surface area contributed by atoms with Crippen LogP contribution in [-0.2, 0) is 11.8 Å². The predicted molar refractivity (Wildman–Crippen MR) is 88.7 cm³/mol. The van der Waals surface area contributed by atoms with Crippen LogP contribution in [0.1, 0.15) is 66.4 Å². The average Bonchev–Trinajstić information content (AvgIpc) is 2.51. The van der Waals surface area contributed by atoms with Crippen molar-refractivity contribution in [2.45, 2.75) is 56.8 Å². The third kappa shape index (κ3) is 2.59. The van der Waals surface area contributed by atoms with Crippen LogP contribution in [-0.4, -0.2) is 22.8 Å². The molecule has 0 aromatic heterocycles. The molecule has 4 aliphatic carbocycles. The summed E-state index contributed by atoms with van der Waals surface area (Å²) in [5.74, 6) is 1.71. The molecule has 3 nitrogen and oxygen atoms in total. The molecule has 4 aliphatic rings. The third-order valence-electron chi connectivity index (χ3n) is 6.57. The second kappa shape index (κ2) is 5.62. The lowest BCUT2D eigenvalue weighted by atomic mass is 9.47. The van der Waals surface area contributed by atoms with Crippen LogP contribution >= 0.6 is 0 Å². The third-order valence-corrected chi connectivity index (χ3v) is 6.57. The topological polar surface area (TPSA) is 57.5 Å². The Kier molecular flexibility index (Phi) is 3.72. The summed E-state index contributed by atoms with van der Waals surface area (Å²) >= 11 is 0. The van der Waals surface area contributed by atoms with Crippen LogP contribution in [0, 0.1) is 17.8 Å². The Labute approximate surface area is 137 Å². The molecule has 0 radical (unpaired) electrons. The molecule has 2 N–H and O–H groups in total. The van der Waals surface area contributed by atoms with Crippen molar-refractivity contribution in [3.63, 3.8) is 0 Å². The van der Waals surface area contributed by atoms with Crippen molar-refractivity contribution in [3.8, 4) is 0 Å². The number of carboxylic acids is 1. The number of aromatic carboxylic acids is 1. The molecule has 4 saturated carbocycles. The van der Waals surface area contributed by atoms with Crippen LogP contribution in [0.4, 0.5) is 0 Å². The Morgan fingerprint density at radius 2 is 1.70 bits per heavy atom. The summed E-state index contributed by atoms with van der Waals surface area (Å²) in [7, 11) is 0. The van der Waals surface area contributed by atoms with E-state index in [4.69, 9.17) is 0 Å². The zero-order valence-corrected chi connectivity index (χ0v) is 13.6. The average molecular weight is 314 g/mol. The van der Waals surface area contributed by atoms with Crippen LogP contribution in [0.15, 0.2) is 18.2 Å². The van der Waals surface area contributed by atoms with Crippen molar-refractivity contribution in [2.24, 2.45) is 17.8 Å². The molecule has 1 aromatic rings. The van der Waals surface area contributed by atoms with Gasteiger partial charge in [0.1, 0.15) is 0 Å². The van der Waals surface area contributed by atoms with Crippen molar-refractivity contribution in [3.05, 3.63) is 34.9 Å². The Morgan fingerprint density at radius 3 is 2.22 bits per heavy atom. The number of rotatable bonds is 5. The fourth-order valence-electron chi connectivity index (χ4n) is 6.13. The maximum Gasteiger partial charge on any atom is 0.335 e. The number of aliphatic hydroxyl groups is 1. The van der Waals surface area contributed by atoms with E-state index < -0.39 is 5.97 Å². The van der Waals surface area contributed by atoms with Crippen LogP contribution in [0.25, 0.3) is 0 Å². The van der Waals surface area contributed by atoms with Gasteiger partial charge in [0.25, 0.3) is 0 Å². The molecule has 1 aromatic carbocycles. The minimum absolute atomic E-state index is 0.195. The Bertz CT molecular complexity index is 584. The minimum atomic E-state index is -0.829. The van der Waals surface area contributed by atoms with Gasteiger partial charge in [-0.05, 0) is 97.8 Å². The number of aryl methyl sites for hydroxylation is 1. The molecule has 0 aliphatic heterocycles. The smallest absolute Gasteiger partial charge is 0.335 e. The van der Waals surface area contributed by atoms with E-state index in [2.05, 4.69) is 0 Å². The zero-order chi connectivity index (χ0) is 16.0. The van der Waals surface area contributed by atoms with E-state index >= 15 is 0 Å². The van der Waals surface area contributed by atoms with E-state index in [1.807, 2.05) is 12.1 Å². The molecular formula is C20H26O3. The fourth-order valence-corrected chi connectivity index (χ4v) is 6.13. The van der Waals surface area contributed by atoms with Gasteiger partial charge in [0.15, 0.2) is 0 Å². The lowest BCUT2D eigenvalue weighted by Gasteiger charge is -2.57. The molecule has 0 unspecified atom stereocenters. The summed E-state index contributed by atoms with van der Waals surface area (Å²) in [6.45, 7) is 0.195. The summed E-state index contributed by atoms with van der Waals surface area (Å²) in [6, 6.07) is 5.70. The lowest BCUT2D eigenvalue weighted by molar-refractivity contribution is -0.00563. The maximum atomic E-state index is 11.5. The van der Waals surface area contributed by atoms with Crippen LogP contribution < -0.4 is 0 Å². The molecule has 0 heterocycles. The fraction of sp³-hybridized carbons (Fsp3) is 0.650. The summed E-state index contributed by atoms with van der Waals surface area (Å²) in [5, 5.41) is 18.6. The second-order valence-electron chi connectivity index (χ2n) is 8.20. The highest BCUT2D eigenvalue weighted by Crippen LogP contribution is 2.61. The van der Waals surface area contributed by atoms with E-state index in [9.17, 15) is 15.0 Å². The molecule has 23 heavy (non-hydrogen) atoms. The standard InChI is InChI=1S/C20H26O3/c21-5-1-2-16-3-4-17(19(22)23)9-18(16)20-10-13-6-14(11-20)8-15(7-13)12-20/h3-4,9,13-15,21H,1-2,5-8,10-12H2,(H,22,23). The van der Waals surface area contributed by atoms with Gasteiger partial charge in [0.05, 0.1) is 5.56 Å². The second-order valence-corrected chi connectivity index (χ2v) is 8.20. The van der Waals surface area contributed by atoms with E-state index in [-0.39, 0.29) is 12.0 Å². The first-order valence-electron chi connectivity index (χ1n) is 9.07.